The van der Waals surface area contributed by atoms with Crippen molar-refractivity contribution in [2.75, 3.05) is 13.2 Å². The Bertz CT molecular complexity index is 372. The van der Waals surface area contributed by atoms with Gasteiger partial charge < -0.3 is 15.2 Å². The van der Waals surface area contributed by atoms with Gasteiger partial charge in [-0.25, -0.2) is 0 Å². The lowest BCUT2D eigenvalue weighted by Crippen LogP contribution is -2.34. The number of aliphatic carboxylic acids is 1. The summed E-state index contributed by atoms with van der Waals surface area (Å²) < 4.78 is 5.30. The lowest BCUT2D eigenvalue weighted by Gasteiger charge is -2.22. The normalized spacial score (nSPS) is 17.2. The average Bonchev–Trinajstić information content (AvgIpc) is 2.75. The van der Waals surface area contributed by atoms with Crippen molar-refractivity contribution in [2.45, 2.75) is 31.8 Å². The van der Waals surface area contributed by atoms with Crippen molar-refractivity contribution in [3.8, 4) is 0 Å². The molecule has 2 N–H and O–H groups in total. The highest BCUT2D eigenvalue weighted by atomic mass is 32.1. The van der Waals surface area contributed by atoms with E-state index in [0.29, 0.717) is 6.04 Å². The molecule has 2 heterocycles. The van der Waals surface area contributed by atoms with E-state index in [1.54, 1.807) is 11.3 Å². The van der Waals surface area contributed by atoms with E-state index < -0.39 is 5.97 Å². The Labute approximate surface area is 105 Å². The fourth-order valence-corrected chi connectivity index (χ4v) is 2.87. The van der Waals surface area contributed by atoms with Crippen molar-refractivity contribution in [3.05, 3.63) is 21.9 Å². The minimum atomic E-state index is -0.768. The standard InChI is InChI=1S/C12H17NO3S/c14-12(15)7-10-1-2-11(17-10)8-13-9-3-5-16-6-4-9/h1-2,9,13H,3-8H2,(H,14,15). The first kappa shape index (κ1) is 12.5. The first-order valence-electron chi connectivity index (χ1n) is 5.84. The van der Waals surface area contributed by atoms with Crippen LogP contribution in [0.15, 0.2) is 12.1 Å². The van der Waals surface area contributed by atoms with E-state index in [4.69, 9.17) is 9.84 Å². The summed E-state index contributed by atoms with van der Waals surface area (Å²) >= 11 is 1.58. The van der Waals surface area contributed by atoms with Crippen LogP contribution in [-0.2, 0) is 22.5 Å². The molecule has 0 aliphatic carbocycles. The zero-order valence-electron chi connectivity index (χ0n) is 9.65. The van der Waals surface area contributed by atoms with Crippen molar-refractivity contribution < 1.29 is 14.6 Å². The number of carboxylic acids is 1. The van der Waals surface area contributed by atoms with Crippen LogP contribution in [0.5, 0.6) is 0 Å². The minimum absolute atomic E-state index is 0.127. The summed E-state index contributed by atoms with van der Waals surface area (Å²) in [5.74, 6) is -0.768. The fourth-order valence-electron chi connectivity index (χ4n) is 1.91. The van der Waals surface area contributed by atoms with E-state index in [-0.39, 0.29) is 6.42 Å². The zero-order valence-corrected chi connectivity index (χ0v) is 10.5. The summed E-state index contributed by atoms with van der Waals surface area (Å²) in [5.41, 5.74) is 0. The van der Waals surface area contributed by atoms with Crippen LogP contribution < -0.4 is 5.32 Å². The van der Waals surface area contributed by atoms with Gasteiger partial charge in [0, 0.05) is 35.6 Å². The molecule has 0 unspecified atom stereocenters. The maximum Gasteiger partial charge on any atom is 0.308 e. The predicted octanol–water partition coefficient (Wildman–Crippen LogP) is 1.64. The summed E-state index contributed by atoms with van der Waals surface area (Å²) in [6, 6.07) is 4.45. The first-order chi connectivity index (χ1) is 8.24. The van der Waals surface area contributed by atoms with Crippen molar-refractivity contribution in [1.29, 1.82) is 0 Å². The Morgan fingerprint density at radius 2 is 2.12 bits per heavy atom. The highest BCUT2D eigenvalue weighted by molar-refractivity contribution is 7.12. The number of carboxylic acid groups (broad SMARTS) is 1. The summed E-state index contributed by atoms with van der Waals surface area (Å²) in [6.07, 6.45) is 2.25. The van der Waals surface area contributed by atoms with Crippen LogP contribution in [0.1, 0.15) is 22.6 Å². The molecule has 1 aliphatic heterocycles. The predicted molar refractivity (Wildman–Crippen MR) is 66.3 cm³/mol. The van der Waals surface area contributed by atoms with E-state index in [0.717, 1.165) is 37.5 Å². The molecule has 1 aromatic rings. The molecule has 1 aliphatic rings. The van der Waals surface area contributed by atoms with Gasteiger partial charge in [-0.1, -0.05) is 0 Å². The molecule has 0 aromatic carbocycles. The molecule has 5 heteroatoms. The molecule has 0 spiro atoms. The van der Waals surface area contributed by atoms with Crippen LogP contribution >= 0.6 is 11.3 Å². The van der Waals surface area contributed by atoms with Gasteiger partial charge in [-0.3, -0.25) is 4.79 Å². The van der Waals surface area contributed by atoms with Gasteiger partial charge >= 0.3 is 5.97 Å². The Hall–Kier alpha value is -0.910. The van der Waals surface area contributed by atoms with E-state index in [1.807, 2.05) is 12.1 Å². The molecular formula is C12H17NO3S. The highest BCUT2D eigenvalue weighted by Crippen LogP contribution is 2.17. The number of ether oxygens (including phenoxy) is 1. The van der Waals surface area contributed by atoms with Gasteiger partial charge in [-0.15, -0.1) is 11.3 Å². The van der Waals surface area contributed by atoms with E-state index in [1.165, 1.54) is 4.88 Å². The van der Waals surface area contributed by atoms with Crippen molar-refractivity contribution in [3.63, 3.8) is 0 Å². The molecule has 2 rings (SSSR count). The number of thiophene rings is 1. The molecule has 1 aromatic heterocycles. The second-order valence-corrected chi connectivity index (χ2v) is 5.46. The van der Waals surface area contributed by atoms with Crippen LogP contribution in [0.25, 0.3) is 0 Å². The number of hydrogen-bond acceptors (Lipinski definition) is 4. The molecule has 0 saturated carbocycles. The van der Waals surface area contributed by atoms with Gasteiger partial charge in [0.1, 0.15) is 0 Å². The molecule has 1 fully saturated rings. The lowest BCUT2D eigenvalue weighted by atomic mass is 10.1. The van der Waals surface area contributed by atoms with Crippen LogP contribution in [0, 0.1) is 0 Å². The third-order valence-corrected chi connectivity index (χ3v) is 3.91. The largest absolute Gasteiger partial charge is 0.481 e. The van der Waals surface area contributed by atoms with Gasteiger partial charge in [0.15, 0.2) is 0 Å². The molecule has 0 amide bonds. The second-order valence-electron chi connectivity index (χ2n) is 4.21. The summed E-state index contributed by atoms with van der Waals surface area (Å²) in [4.78, 5) is 12.7. The monoisotopic (exact) mass is 255 g/mol. The fraction of sp³-hybridized carbons (Fsp3) is 0.583. The Balaban J connectivity index is 1.78. The molecule has 17 heavy (non-hydrogen) atoms. The van der Waals surface area contributed by atoms with E-state index in [9.17, 15) is 4.79 Å². The first-order valence-corrected chi connectivity index (χ1v) is 6.66. The quantitative estimate of drug-likeness (QED) is 0.840. The second kappa shape index (κ2) is 6.14. The number of carbonyl (C=O) groups is 1. The summed E-state index contributed by atoms with van der Waals surface area (Å²) in [7, 11) is 0. The third-order valence-electron chi connectivity index (χ3n) is 2.83. The summed E-state index contributed by atoms with van der Waals surface area (Å²) in [6.45, 7) is 2.51. The lowest BCUT2D eigenvalue weighted by molar-refractivity contribution is -0.136. The number of rotatable bonds is 5. The Morgan fingerprint density at radius 3 is 2.82 bits per heavy atom. The molecule has 0 bridgehead atoms. The van der Waals surface area contributed by atoms with Crippen LogP contribution in [-0.4, -0.2) is 30.3 Å². The maximum absolute atomic E-state index is 10.6. The molecular weight excluding hydrogens is 238 g/mol. The molecule has 0 radical (unpaired) electrons. The molecule has 94 valence electrons. The van der Waals surface area contributed by atoms with Gasteiger partial charge in [0.2, 0.25) is 0 Å². The minimum Gasteiger partial charge on any atom is -0.481 e. The zero-order chi connectivity index (χ0) is 12.1. The molecule has 4 nitrogen and oxygen atoms in total. The maximum atomic E-state index is 10.6. The van der Waals surface area contributed by atoms with Crippen LogP contribution in [0.4, 0.5) is 0 Å². The van der Waals surface area contributed by atoms with Gasteiger partial charge in [0.25, 0.3) is 0 Å². The summed E-state index contributed by atoms with van der Waals surface area (Å²) in [5, 5.41) is 12.2. The average molecular weight is 255 g/mol. The number of hydrogen-bond donors (Lipinski definition) is 2. The highest BCUT2D eigenvalue weighted by Gasteiger charge is 2.13. The van der Waals surface area contributed by atoms with Gasteiger partial charge in [-0.05, 0) is 25.0 Å². The van der Waals surface area contributed by atoms with E-state index >= 15 is 0 Å². The third kappa shape index (κ3) is 4.11. The number of nitrogens with one attached hydrogen (secondary N) is 1. The molecule has 0 atom stereocenters. The van der Waals surface area contributed by atoms with Crippen LogP contribution in [0.3, 0.4) is 0 Å². The Kier molecular flexibility index (Phi) is 4.53. The van der Waals surface area contributed by atoms with Gasteiger partial charge in [0.05, 0.1) is 6.42 Å². The van der Waals surface area contributed by atoms with Crippen LogP contribution in [0.2, 0.25) is 0 Å². The van der Waals surface area contributed by atoms with Crippen molar-refractivity contribution in [2.24, 2.45) is 0 Å². The topological polar surface area (TPSA) is 58.6 Å². The Morgan fingerprint density at radius 1 is 1.41 bits per heavy atom. The molecule has 1 saturated heterocycles. The smallest absolute Gasteiger partial charge is 0.308 e. The van der Waals surface area contributed by atoms with Crippen molar-refractivity contribution in [1.82, 2.24) is 5.32 Å². The van der Waals surface area contributed by atoms with E-state index in [2.05, 4.69) is 5.32 Å². The van der Waals surface area contributed by atoms with Gasteiger partial charge in [-0.2, -0.15) is 0 Å². The van der Waals surface area contributed by atoms with Crippen molar-refractivity contribution >= 4 is 17.3 Å². The SMILES string of the molecule is O=C(O)Cc1ccc(CNC2CCOCC2)s1.